The SMILES string of the molecule is CCCCCC(=O)C=C[C@H]1CCC(=O)[C@@H]1CCCCCCC(=O)OC. The minimum atomic E-state index is -0.153. The standard InChI is InChI=1S/C21H34O4/c1-3-4-7-10-18(22)15-13-17-14-16-20(23)19(17)11-8-5-6-9-12-21(24)25-2/h13,15,17,19H,3-12,14,16H2,1-2H3/t17-,19+/m0/s1. The lowest BCUT2D eigenvalue weighted by Crippen LogP contribution is -2.13. The van der Waals surface area contributed by atoms with Gasteiger partial charge in [-0.15, -0.1) is 0 Å². The molecule has 0 bridgehead atoms. The summed E-state index contributed by atoms with van der Waals surface area (Å²) >= 11 is 0. The molecule has 0 aliphatic heterocycles. The third-order valence-corrected chi connectivity index (χ3v) is 5.08. The van der Waals surface area contributed by atoms with Gasteiger partial charge >= 0.3 is 5.97 Å². The van der Waals surface area contributed by atoms with E-state index in [1.54, 1.807) is 6.08 Å². The van der Waals surface area contributed by atoms with Crippen LogP contribution in [0.2, 0.25) is 0 Å². The molecule has 1 rings (SSSR count). The Morgan fingerprint density at radius 3 is 2.52 bits per heavy atom. The zero-order chi connectivity index (χ0) is 18.5. The fourth-order valence-corrected chi connectivity index (χ4v) is 3.49. The monoisotopic (exact) mass is 350 g/mol. The Morgan fingerprint density at radius 2 is 1.80 bits per heavy atom. The number of rotatable bonds is 13. The number of methoxy groups -OCH3 is 1. The van der Waals surface area contributed by atoms with E-state index in [1.165, 1.54) is 7.11 Å². The van der Waals surface area contributed by atoms with Gasteiger partial charge in [-0.1, -0.05) is 45.1 Å². The summed E-state index contributed by atoms with van der Waals surface area (Å²) in [7, 11) is 1.41. The maximum atomic E-state index is 12.1. The summed E-state index contributed by atoms with van der Waals surface area (Å²) in [5.74, 6) is 0.703. The third-order valence-electron chi connectivity index (χ3n) is 5.08. The summed E-state index contributed by atoms with van der Waals surface area (Å²) in [4.78, 5) is 35.0. The summed E-state index contributed by atoms with van der Waals surface area (Å²) in [5, 5.41) is 0. The molecule has 1 aliphatic carbocycles. The predicted octanol–water partition coefficient (Wildman–Crippen LogP) is 4.80. The van der Waals surface area contributed by atoms with Crippen LogP contribution in [0.3, 0.4) is 0 Å². The van der Waals surface area contributed by atoms with Gasteiger partial charge in [0, 0.05) is 25.2 Å². The highest BCUT2D eigenvalue weighted by Gasteiger charge is 2.32. The van der Waals surface area contributed by atoms with Gasteiger partial charge in [-0.05, 0) is 37.7 Å². The molecule has 25 heavy (non-hydrogen) atoms. The normalized spacial score (nSPS) is 20.3. The van der Waals surface area contributed by atoms with Crippen LogP contribution in [0.5, 0.6) is 0 Å². The van der Waals surface area contributed by atoms with Crippen molar-refractivity contribution in [2.45, 2.75) is 84.0 Å². The second-order valence-electron chi connectivity index (χ2n) is 7.09. The first-order valence-corrected chi connectivity index (χ1v) is 9.89. The molecule has 0 saturated heterocycles. The van der Waals surface area contributed by atoms with Crippen LogP contribution in [0, 0.1) is 11.8 Å². The molecule has 2 atom stereocenters. The van der Waals surface area contributed by atoms with Crippen LogP contribution in [0.15, 0.2) is 12.2 Å². The fraction of sp³-hybridized carbons (Fsp3) is 0.762. The van der Waals surface area contributed by atoms with Gasteiger partial charge in [0.25, 0.3) is 0 Å². The second-order valence-corrected chi connectivity index (χ2v) is 7.09. The van der Waals surface area contributed by atoms with E-state index in [9.17, 15) is 14.4 Å². The largest absolute Gasteiger partial charge is 0.469 e. The predicted molar refractivity (Wildman–Crippen MR) is 99.2 cm³/mol. The Morgan fingerprint density at radius 1 is 1.08 bits per heavy atom. The lowest BCUT2D eigenvalue weighted by Gasteiger charge is -2.14. The van der Waals surface area contributed by atoms with E-state index in [0.29, 0.717) is 25.0 Å². The van der Waals surface area contributed by atoms with Gasteiger partial charge in [0.2, 0.25) is 0 Å². The van der Waals surface area contributed by atoms with Crippen LogP contribution >= 0.6 is 0 Å². The number of carbonyl (C=O) groups is 3. The van der Waals surface area contributed by atoms with Gasteiger partial charge in [-0.3, -0.25) is 14.4 Å². The van der Waals surface area contributed by atoms with Gasteiger partial charge in [0.15, 0.2) is 5.78 Å². The molecule has 4 nitrogen and oxygen atoms in total. The number of ketones is 2. The molecule has 1 saturated carbocycles. The lowest BCUT2D eigenvalue weighted by atomic mass is 9.89. The highest BCUT2D eigenvalue weighted by molar-refractivity contribution is 5.90. The van der Waals surface area contributed by atoms with Crippen molar-refractivity contribution in [1.29, 1.82) is 0 Å². The maximum Gasteiger partial charge on any atom is 0.305 e. The molecule has 1 aliphatic rings. The molecule has 0 aromatic carbocycles. The van der Waals surface area contributed by atoms with Crippen LogP contribution in [0.4, 0.5) is 0 Å². The first kappa shape index (κ1) is 21.6. The maximum absolute atomic E-state index is 12.1. The second kappa shape index (κ2) is 12.8. The summed E-state index contributed by atoms with van der Waals surface area (Å²) in [6.07, 6.45) is 14.3. The number of unbranched alkanes of at least 4 members (excludes halogenated alkanes) is 5. The summed E-state index contributed by atoms with van der Waals surface area (Å²) in [6.45, 7) is 2.13. The molecule has 4 heteroatoms. The summed E-state index contributed by atoms with van der Waals surface area (Å²) in [6, 6.07) is 0. The number of ether oxygens (including phenoxy) is 1. The highest BCUT2D eigenvalue weighted by atomic mass is 16.5. The number of esters is 1. The highest BCUT2D eigenvalue weighted by Crippen LogP contribution is 2.33. The molecule has 0 unspecified atom stereocenters. The molecule has 0 aromatic rings. The zero-order valence-electron chi connectivity index (χ0n) is 15.9. The van der Waals surface area contributed by atoms with Crippen molar-refractivity contribution in [3.05, 3.63) is 12.2 Å². The average Bonchev–Trinajstić information content (AvgIpc) is 2.96. The molecule has 0 amide bonds. The lowest BCUT2D eigenvalue weighted by molar-refractivity contribution is -0.140. The Bertz CT molecular complexity index is 453. The van der Waals surface area contributed by atoms with E-state index in [2.05, 4.69) is 11.7 Å². The van der Waals surface area contributed by atoms with Crippen molar-refractivity contribution in [2.24, 2.45) is 11.8 Å². The van der Waals surface area contributed by atoms with Crippen LogP contribution in [-0.4, -0.2) is 24.6 Å². The van der Waals surface area contributed by atoms with Crippen molar-refractivity contribution < 1.29 is 19.1 Å². The van der Waals surface area contributed by atoms with Gasteiger partial charge < -0.3 is 4.74 Å². The minimum Gasteiger partial charge on any atom is -0.469 e. The van der Waals surface area contributed by atoms with Gasteiger partial charge in [0.05, 0.1) is 7.11 Å². The number of allylic oxidation sites excluding steroid dienone is 2. The van der Waals surface area contributed by atoms with Crippen LogP contribution in [0.25, 0.3) is 0 Å². The fourth-order valence-electron chi connectivity index (χ4n) is 3.49. The van der Waals surface area contributed by atoms with Crippen LogP contribution in [0.1, 0.15) is 84.0 Å². The van der Waals surface area contributed by atoms with E-state index < -0.39 is 0 Å². The topological polar surface area (TPSA) is 60.4 Å². The number of hydrogen-bond acceptors (Lipinski definition) is 4. The first-order chi connectivity index (χ1) is 12.1. The number of Topliss-reactive ketones (excluding diaryl/α,β-unsaturated/α-hetero) is 1. The van der Waals surface area contributed by atoms with Crippen molar-refractivity contribution >= 4 is 17.5 Å². The van der Waals surface area contributed by atoms with Crippen molar-refractivity contribution in [3.63, 3.8) is 0 Å². The molecular formula is C21H34O4. The van der Waals surface area contributed by atoms with E-state index in [-0.39, 0.29) is 23.6 Å². The van der Waals surface area contributed by atoms with E-state index >= 15 is 0 Å². The molecule has 1 fully saturated rings. The number of hydrogen-bond donors (Lipinski definition) is 0. The first-order valence-electron chi connectivity index (χ1n) is 9.89. The van der Waals surface area contributed by atoms with Gasteiger partial charge in [-0.25, -0.2) is 0 Å². The van der Waals surface area contributed by atoms with Crippen LogP contribution < -0.4 is 0 Å². The van der Waals surface area contributed by atoms with E-state index in [1.807, 2.05) is 6.08 Å². The minimum absolute atomic E-state index is 0.0836. The summed E-state index contributed by atoms with van der Waals surface area (Å²) in [5.41, 5.74) is 0. The van der Waals surface area contributed by atoms with E-state index in [4.69, 9.17) is 0 Å². The molecule has 0 heterocycles. The van der Waals surface area contributed by atoms with Crippen molar-refractivity contribution in [2.75, 3.05) is 7.11 Å². The van der Waals surface area contributed by atoms with Gasteiger partial charge in [-0.2, -0.15) is 0 Å². The Labute approximate surface area is 152 Å². The van der Waals surface area contributed by atoms with Crippen LogP contribution in [-0.2, 0) is 19.1 Å². The number of carbonyl (C=O) groups excluding carboxylic acids is 3. The Balaban J connectivity index is 2.27. The van der Waals surface area contributed by atoms with Crippen molar-refractivity contribution in [1.82, 2.24) is 0 Å². The Kier molecular flexibility index (Phi) is 11.1. The van der Waals surface area contributed by atoms with Gasteiger partial charge in [0.1, 0.15) is 5.78 Å². The Hall–Kier alpha value is -1.45. The molecule has 0 spiro atoms. The molecular weight excluding hydrogens is 316 g/mol. The molecule has 0 N–H and O–H groups in total. The van der Waals surface area contributed by atoms with E-state index in [0.717, 1.165) is 57.8 Å². The summed E-state index contributed by atoms with van der Waals surface area (Å²) < 4.78 is 4.62. The average molecular weight is 350 g/mol. The zero-order valence-corrected chi connectivity index (χ0v) is 15.9. The van der Waals surface area contributed by atoms with Crippen molar-refractivity contribution in [3.8, 4) is 0 Å². The molecule has 142 valence electrons. The molecule has 0 radical (unpaired) electrons. The smallest absolute Gasteiger partial charge is 0.305 e. The quantitative estimate of drug-likeness (QED) is 0.272. The molecule has 0 aromatic heterocycles. The third kappa shape index (κ3) is 8.99.